The summed E-state index contributed by atoms with van der Waals surface area (Å²) in [7, 11) is -1.54. The third kappa shape index (κ3) is 3.44. The number of likely N-dealkylation sites (N-methyl/N-ethyl adjacent to an activating group) is 1. The van der Waals surface area contributed by atoms with Crippen LogP contribution in [0, 0.1) is 0 Å². The molecule has 6 nitrogen and oxygen atoms in total. The monoisotopic (exact) mass is 237 g/mol. The zero-order valence-corrected chi connectivity index (χ0v) is 9.27. The minimum atomic E-state index is -3.17. The summed E-state index contributed by atoms with van der Waals surface area (Å²) in [5.74, 6) is -1.25. The second-order valence-electron chi connectivity index (χ2n) is 3.84. The summed E-state index contributed by atoms with van der Waals surface area (Å²) in [4.78, 5) is 11.9. The first-order chi connectivity index (χ1) is 6.82. The van der Waals surface area contributed by atoms with E-state index in [1.54, 1.807) is 11.9 Å². The molecule has 1 rings (SSSR count). The summed E-state index contributed by atoms with van der Waals surface area (Å²) in [6, 6.07) is -0.477. The zero-order chi connectivity index (χ0) is 11.6. The van der Waals surface area contributed by atoms with Crippen LogP contribution >= 0.6 is 0 Å². The summed E-state index contributed by atoms with van der Waals surface area (Å²) in [5, 5.41) is 18.0. The summed E-state index contributed by atoms with van der Waals surface area (Å²) >= 11 is 0. The number of carboxylic acids is 1. The Labute approximate surface area is 88.4 Å². The fraction of sp³-hybridized carbons (Fsp3) is 0.875. The van der Waals surface area contributed by atoms with Gasteiger partial charge in [0.2, 0.25) is 0 Å². The standard InChI is InChI=1S/C8H15NO5S/c1-9(3-2-8(11)12)6-4-15(13,14)5-7(6)10/h6-7,10H,2-5H2,1H3,(H,11,12). The molecule has 2 atom stereocenters. The van der Waals surface area contributed by atoms with E-state index >= 15 is 0 Å². The third-order valence-corrected chi connectivity index (χ3v) is 4.24. The Morgan fingerprint density at radius 2 is 2.07 bits per heavy atom. The summed E-state index contributed by atoms with van der Waals surface area (Å²) in [5.41, 5.74) is 0. The maximum atomic E-state index is 11.2. The number of aliphatic hydroxyl groups excluding tert-OH is 1. The van der Waals surface area contributed by atoms with E-state index in [9.17, 15) is 18.3 Å². The molecule has 0 aromatic carbocycles. The van der Waals surface area contributed by atoms with Crippen molar-refractivity contribution in [2.45, 2.75) is 18.6 Å². The molecule has 0 aromatic rings. The van der Waals surface area contributed by atoms with Gasteiger partial charge in [0.25, 0.3) is 0 Å². The number of carbonyl (C=O) groups is 1. The maximum Gasteiger partial charge on any atom is 0.304 e. The molecule has 0 amide bonds. The lowest BCUT2D eigenvalue weighted by Gasteiger charge is -2.24. The van der Waals surface area contributed by atoms with E-state index in [4.69, 9.17) is 5.11 Å². The van der Waals surface area contributed by atoms with Crippen LogP contribution in [0.3, 0.4) is 0 Å². The van der Waals surface area contributed by atoms with Crippen LogP contribution in [0.5, 0.6) is 0 Å². The van der Waals surface area contributed by atoms with Crippen molar-refractivity contribution in [1.82, 2.24) is 4.90 Å². The molecular weight excluding hydrogens is 222 g/mol. The third-order valence-electron chi connectivity index (χ3n) is 2.54. The van der Waals surface area contributed by atoms with Crippen molar-refractivity contribution in [3.8, 4) is 0 Å². The van der Waals surface area contributed by atoms with Crippen LogP contribution < -0.4 is 0 Å². The van der Waals surface area contributed by atoms with Crippen LogP contribution in [0.25, 0.3) is 0 Å². The predicted octanol–water partition coefficient (Wildman–Crippen LogP) is -1.45. The second-order valence-corrected chi connectivity index (χ2v) is 5.99. The second kappa shape index (κ2) is 4.46. The van der Waals surface area contributed by atoms with E-state index in [1.807, 2.05) is 0 Å². The Morgan fingerprint density at radius 3 is 2.47 bits per heavy atom. The van der Waals surface area contributed by atoms with Crippen molar-refractivity contribution in [2.24, 2.45) is 0 Å². The molecule has 0 saturated carbocycles. The molecule has 7 heteroatoms. The molecule has 2 unspecified atom stereocenters. The van der Waals surface area contributed by atoms with Gasteiger partial charge in [-0.25, -0.2) is 8.42 Å². The van der Waals surface area contributed by atoms with Crippen molar-refractivity contribution < 1.29 is 23.4 Å². The molecule has 15 heavy (non-hydrogen) atoms. The number of aliphatic carboxylic acids is 1. The van der Waals surface area contributed by atoms with Crippen LogP contribution in [0.2, 0.25) is 0 Å². The van der Waals surface area contributed by atoms with Crippen LogP contribution in [0.1, 0.15) is 6.42 Å². The summed E-state index contributed by atoms with van der Waals surface area (Å²) < 4.78 is 22.4. The Kier molecular flexibility index (Phi) is 3.69. The van der Waals surface area contributed by atoms with E-state index < -0.39 is 28.0 Å². The molecular formula is C8H15NO5S. The number of nitrogens with zero attached hydrogens (tertiary/aromatic N) is 1. The smallest absolute Gasteiger partial charge is 0.304 e. The molecule has 1 heterocycles. The normalized spacial score (nSPS) is 29.5. The molecule has 0 bridgehead atoms. The highest BCUT2D eigenvalue weighted by atomic mass is 32.2. The molecule has 0 spiro atoms. The number of hydrogen-bond acceptors (Lipinski definition) is 5. The van der Waals surface area contributed by atoms with Gasteiger partial charge in [0.15, 0.2) is 9.84 Å². The average Bonchev–Trinajstić information content (AvgIpc) is 2.35. The Balaban J connectivity index is 2.54. The van der Waals surface area contributed by atoms with E-state index in [0.29, 0.717) is 0 Å². The highest BCUT2D eigenvalue weighted by Gasteiger charge is 2.38. The van der Waals surface area contributed by atoms with Crippen LogP contribution in [0.15, 0.2) is 0 Å². The van der Waals surface area contributed by atoms with Gasteiger partial charge in [-0.2, -0.15) is 0 Å². The quantitative estimate of drug-likeness (QED) is 0.621. The van der Waals surface area contributed by atoms with Gasteiger partial charge < -0.3 is 10.2 Å². The molecule has 0 aliphatic carbocycles. The molecule has 0 aromatic heterocycles. The minimum absolute atomic E-state index is 0.0558. The minimum Gasteiger partial charge on any atom is -0.481 e. The van der Waals surface area contributed by atoms with Crippen LogP contribution in [-0.2, 0) is 14.6 Å². The fourth-order valence-electron chi connectivity index (χ4n) is 1.67. The van der Waals surface area contributed by atoms with Gasteiger partial charge in [0.05, 0.1) is 30.1 Å². The lowest BCUT2D eigenvalue weighted by Crippen LogP contribution is -2.41. The predicted molar refractivity (Wildman–Crippen MR) is 53.3 cm³/mol. The van der Waals surface area contributed by atoms with Gasteiger partial charge in [-0.15, -0.1) is 0 Å². The Hall–Kier alpha value is -0.660. The van der Waals surface area contributed by atoms with E-state index in [0.717, 1.165) is 0 Å². The largest absolute Gasteiger partial charge is 0.481 e. The molecule has 2 N–H and O–H groups in total. The lowest BCUT2D eigenvalue weighted by molar-refractivity contribution is -0.137. The number of rotatable bonds is 4. The number of carboxylic acid groups (broad SMARTS) is 1. The van der Waals surface area contributed by atoms with Gasteiger partial charge in [0.1, 0.15) is 0 Å². The highest BCUT2D eigenvalue weighted by molar-refractivity contribution is 7.91. The molecule has 0 radical (unpaired) electrons. The molecule has 1 aliphatic rings. The maximum absolute atomic E-state index is 11.2. The first kappa shape index (κ1) is 12.4. The van der Waals surface area contributed by atoms with Gasteiger partial charge in [-0.05, 0) is 7.05 Å². The van der Waals surface area contributed by atoms with E-state index in [-0.39, 0.29) is 24.5 Å². The zero-order valence-electron chi connectivity index (χ0n) is 8.46. The van der Waals surface area contributed by atoms with Gasteiger partial charge in [-0.1, -0.05) is 0 Å². The number of hydrogen-bond donors (Lipinski definition) is 2. The van der Waals surface area contributed by atoms with Crippen molar-refractivity contribution in [3.05, 3.63) is 0 Å². The van der Waals surface area contributed by atoms with E-state index in [2.05, 4.69) is 0 Å². The lowest BCUT2D eigenvalue weighted by atomic mass is 10.2. The number of sulfone groups is 1. The fourth-order valence-corrected chi connectivity index (χ4v) is 3.54. The highest BCUT2D eigenvalue weighted by Crippen LogP contribution is 2.17. The summed E-state index contributed by atoms with van der Waals surface area (Å²) in [6.07, 6.45) is -0.964. The molecule has 1 fully saturated rings. The first-order valence-electron chi connectivity index (χ1n) is 4.62. The SMILES string of the molecule is CN(CCC(=O)O)C1CS(=O)(=O)CC1O. The van der Waals surface area contributed by atoms with E-state index in [1.165, 1.54) is 0 Å². The van der Waals surface area contributed by atoms with Crippen LogP contribution in [-0.4, -0.2) is 66.7 Å². The van der Waals surface area contributed by atoms with Crippen LogP contribution in [0.4, 0.5) is 0 Å². The molecule has 88 valence electrons. The Bertz CT molecular complexity index is 339. The molecule has 1 aliphatic heterocycles. The van der Waals surface area contributed by atoms with Crippen molar-refractivity contribution >= 4 is 15.8 Å². The van der Waals surface area contributed by atoms with Crippen molar-refractivity contribution in [1.29, 1.82) is 0 Å². The van der Waals surface area contributed by atoms with Gasteiger partial charge in [-0.3, -0.25) is 9.69 Å². The van der Waals surface area contributed by atoms with Gasteiger partial charge >= 0.3 is 5.97 Å². The topological polar surface area (TPSA) is 94.9 Å². The first-order valence-corrected chi connectivity index (χ1v) is 6.44. The number of aliphatic hydroxyl groups is 1. The molecule has 1 saturated heterocycles. The van der Waals surface area contributed by atoms with Crippen molar-refractivity contribution in [2.75, 3.05) is 25.1 Å². The summed E-state index contributed by atoms with van der Waals surface area (Å²) in [6.45, 7) is 0.243. The van der Waals surface area contributed by atoms with Crippen molar-refractivity contribution in [3.63, 3.8) is 0 Å². The Morgan fingerprint density at radius 1 is 1.47 bits per heavy atom. The van der Waals surface area contributed by atoms with Gasteiger partial charge in [0, 0.05) is 6.54 Å². The average molecular weight is 237 g/mol.